The highest BCUT2D eigenvalue weighted by molar-refractivity contribution is 7.92. The second kappa shape index (κ2) is 7.79. The van der Waals surface area contributed by atoms with Crippen LogP contribution in [0.3, 0.4) is 0 Å². The van der Waals surface area contributed by atoms with Gasteiger partial charge in [0, 0.05) is 23.6 Å². The number of para-hydroxylation sites is 2. The number of sulfonamides is 1. The van der Waals surface area contributed by atoms with Crippen molar-refractivity contribution in [3.63, 3.8) is 0 Å². The van der Waals surface area contributed by atoms with Crippen LogP contribution in [-0.4, -0.2) is 38.7 Å². The molecule has 1 aromatic heterocycles. The molecule has 0 saturated heterocycles. The molecule has 0 radical (unpaired) electrons. The molecule has 0 spiro atoms. The van der Waals surface area contributed by atoms with Crippen LogP contribution in [-0.2, 0) is 21.2 Å². The van der Waals surface area contributed by atoms with Crippen LogP contribution in [0.15, 0.2) is 54.7 Å². The van der Waals surface area contributed by atoms with Gasteiger partial charge in [-0.05, 0) is 23.8 Å². The van der Waals surface area contributed by atoms with E-state index in [1.165, 1.54) is 18.2 Å². The molecule has 0 bridgehead atoms. The minimum atomic E-state index is -3.68. The fourth-order valence-corrected chi connectivity index (χ4v) is 3.86. The molecule has 0 saturated carbocycles. The molecule has 1 amide bonds. The fourth-order valence-electron chi connectivity index (χ4n) is 2.93. The molecule has 0 aliphatic rings. The number of aromatic nitrogens is 1. The number of rotatable bonds is 7. The van der Waals surface area contributed by atoms with Crippen LogP contribution in [0.4, 0.5) is 10.1 Å². The van der Waals surface area contributed by atoms with E-state index in [4.69, 9.17) is 0 Å². The van der Waals surface area contributed by atoms with Gasteiger partial charge in [-0.3, -0.25) is 9.10 Å². The Morgan fingerprint density at radius 3 is 2.59 bits per heavy atom. The summed E-state index contributed by atoms with van der Waals surface area (Å²) in [5, 5.41) is 3.67. The van der Waals surface area contributed by atoms with Crippen molar-refractivity contribution in [2.75, 3.05) is 23.7 Å². The molecule has 3 rings (SSSR count). The van der Waals surface area contributed by atoms with Gasteiger partial charge in [-0.25, -0.2) is 12.8 Å². The SMILES string of the molecule is CS(=O)(=O)N(CCNC(=O)Cc1c[nH]c2ccccc12)c1ccccc1F. The average molecular weight is 389 g/mol. The fraction of sp³-hybridized carbons (Fsp3) is 0.211. The largest absolute Gasteiger partial charge is 0.361 e. The maximum Gasteiger partial charge on any atom is 0.232 e. The minimum absolute atomic E-state index is 0.0362. The van der Waals surface area contributed by atoms with E-state index in [9.17, 15) is 17.6 Å². The molecule has 0 atom stereocenters. The number of H-pyrrole nitrogens is 1. The van der Waals surface area contributed by atoms with Gasteiger partial charge in [0.05, 0.1) is 24.9 Å². The number of nitrogens with zero attached hydrogens (tertiary/aromatic N) is 1. The standard InChI is InChI=1S/C19H20FN3O3S/c1-27(25,26)23(18-9-5-3-7-16(18)20)11-10-21-19(24)12-14-13-22-17-8-4-2-6-15(14)17/h2-9,13,22H,10-12H2,1H3,(H,21,24). The van der Waals surface area contributed by atoms with Gasteiger partial charge >= 0.3 is 0 Å². The first-order valence-corrected chi connectivity index (χ1v) is 10.2. The van der Waals surface area contributed by atoms with E-state index in [0.29, 0.717) is 0 Å². The highest BCUT2D eigenvalue weighted by Gasteiger charge is 2.20. The Morgan fingerprint density at radius 1 is 1.15 bits per heavy atom. The number of aromatic amines is 1. The normalized spacial score (nSPS) is 11.5. The zero-order chi connectivity index (χ0) is 19.4. The summed E-state index contributed by atoms with van der Waals surface area (Å²) in [6, 6.07) is 13.3. The predicted molar refractivity (Wildman–Crippen MR) is 104 cm³/mol. The second-order valence-corrected chi connectivity index (χ2v) is 8.08. The lowest BCUT2D eigenvalue weighted by atomic mass is 10.1. The van der Waals surface area contributed by atoms with Crippen molar-refractivity contribution in [1.29, 1.82) is 0 Å². The summed E-state index contributed by atoms with van der Waals surface area (Å²) in [4.78, 5) is 15.3. The predicted octanol–water partition coefficient (Wildman–Crippen LogP) is 2.43. The van der Waals surface area contributed by atoms with Crippen molar-refractivity contribution in [2.24, 2.45) is 0 Å². The van der Waals surface area contributed by atoms with Gasteiger partial charge in [0.2, 0.25) is 15.9 Å². The van der Waals surface area contributed by atoms with Crippen LogP contribution >= 0.6 is 0 Å². The summed E-state index contributed by atoms with van der Waals surface area (Å²) in [6.07, 6.45) is 2.96. The van der Waals surface area contributed by atoms with E-state index < -0.39 is 15.8 Å². The number of carbonyl (C=O) groups is 1. The zero-order valence-corrected chi connectivity index (χ0v) is 15.6. The van der Waals surface area contributed by atoms with E-state index in [1.54, 1.807) is 12.3 Å². The molecule has 0 fully saturated rings. The summed E-state index contributed by atoms with van der Waals surface area (Å²) in [5.74, 6) is -0.866. The van der Waals surface area contributed by atoms with Crippen molar-refractivity contribution in [2.45, 2.75) is 6.42 Å². The molecular formula is C19H20FN3O3S. The topological polar surface area (TPSA) is 82.3 Å². The number of halogens is 1. The highest BCUT2D eigenvalue weighted by atomic mass is 32.2. The molecule has 8 heteroatoms. The first-order chi connectivity index (χ1) is 12.9. The molecule has 2 aromatic carbocycles. The third-order valence-electron chi connectivity index (χ3n) is 4.18. The molecule has 3 aromatic rings. The highest BCUT2D eigenvalue weighted by Crippen LogP contribution is 2.21. The number of nitrogens with one attached hydrogen (secondary N) is 2. The van der Waals surface area contributed by atoms with E-state index in [-0.39, 0.29) is 31.1 Å². The number of amides is 1. The first kappa shape index (κ1) is 18.9. The van der Waals surface area contributed by atoms with Gasteiger partial charge in [0.1, 0.15) is 5.82 Å². The van der Waals surface area contributed by atoms with Crippen molar-refractivity contribution in [3.8, 4) is 0 Å². The van der Waals surface area contributed by atoms with Crippen molar-refractivity contribution >= 4 is 32.5 Å². The summed E-state index contributed by atoms with van der Waals surface area (Å²) in [6.45, 7) is 0.0159. The van der Waals surface area contributed by atoms with Crippen LogP contribution in [0.25, 0.3) is 10.9 Å². The second-order valence-electron chi connectivity index (χ2n) is 6.17. The lowest BCUT2D eigenvalue weighted by molar-refractivity contribution is -0.120. The maximum atomic E-state index is 14.0. The molecule has 0 aliphatic carbocycles. The van der Waals surface area contributed by atoms with E-state index in [0.717, 1.165) is 27.0 Å². The molecule has 0 unspecified atom stereocenters. The van der Waals surface area contributed by atoms with Crippen LogP contribution in [0, 0.1) is 5.82 Å². The molecule has 142 valence electrons. The Morgan fingerprint density at radius 2 is 1.85 bits per heavy atom. The maximum absolute atomic E-state index is 14.0. The van der Waals surface area contributed by atoms with E-state index >= 15 is 0 Å². The van der Waals surface area contributed by atoms with Crippen LogP contribution in [0.2, 0.25) is 0 Å². The minimum Gasteiger partial charge on any atom is -0.361 e. The third kappa shape index (κ3) is 4.46. The molecular weight excluding hydrogens is 369 g/mol. The average Bonchev–Trinajstić information content (AvgIpc) is 3.02. The van der Waals surface area contributed by atoms with Gasteiger partial charge in [-0.1, -0.05) is 30.3 Å². The Balaban J connectivity index is 1.63. The number of benzene rings is 2. The smallest absolute Gasteiger partial charge is 0.232 e. The number of anilines is 1. The quantitative estimate of drug-likeness (QED) is 0.651. The molecule has 27 heavy (non-hydrogen) atoms. The van der Waals surface area contributed by atoms with Crippen LogP contribution < -0.4 is 9.62 Å². The lowest BCUT2D eigenvalue weighted by Crippen LogP contribution is -2.39. The monoisotopic (exact) mass is 389 g/mol. The molecule has 6 nitrogen and oxygen atoms in total. The van der Waals surface area contributed by atoms with E-state index in [2.05, 4.69) is 10.3 Å². The Kier molecular flexibility index (Phi) is 5.46. The Bertz CT molecular complexity index is 1060. The summed E-state index contributed by atoms with van der Waals surface area (Å²) >= 11 is 0. The zero-order valence-electron chi connectivity index (χ0n) is 14.8. The first-order valence-electron chi connectivity index (χ1n) is 8.40. The van der Waals surface area contributed by atoms with Gasteiger partial charge in [0.15, 0.2) is 0 Å². The van der Waals surface area contributed by atoms with Crippen molar-refractivity contribution < 1.29 is 17.6 Å². The van der Waals surface area contributed by atoms with Gasteiger partial charge in [0.25, 0.3) is 0 Å². The molecule has 0 aliphatic heterocycles. The van der Waals surface area contributed by atoms with Crippen molar-refractivity contribution in [3.05, 3.63) is 66.1 Å². The number of hydrogen-bond acceptors (Lipinski definition) is 3. The van der Waals surface area contributed by atoms with E-state index in [1.807, 2.05) is 24.3 Å². The van der Waals surface area contributed by atoms with Gasteiger partial charge in [-0.15, -0.1) is 0 Å². The summed E-state index contributed by atoms with van der Waals surface area (Å²) < 4.78 is 38.9. The third-order valence-corrected chi connectivity index (χ3v) is 5.36. The van der Waals surface area contributed by atoms with Gasteiger partial charge in [-0.2, -0.15) is 0 Å². The number of hydrogen-bond donors (Lipinski definition) is 2. The number of carbonyl (C=O) groups excluding carboxylic acids is 1. The molecule has 1 heterocycles. The Hall–Kier alpha value is -2.87. The van der Waals surface area contributed by atoms with Crippen molar-refractivity contribution in [1.82, 2.24) is 10.3 Å². The van der Waals surface area contributed by atoms with Gasteiger partial charge < -0.3 is 10.3 Å². The van der Waals surface area contributed by atoms with Crippen LogP contribution in [0.5, 0.6) is 0 Å². The number of fused-ring (bicyclic) bond motifs is 1. The summed E-state index contributed by atoms with van der Waals surface area (Å²) in [7, 11) is -3.68. The summed E-state index contributed by atoms with van der Waals surface area (Å²) in [5.41, 5.74) is 1.77. The molecule has 2 N–H and O–H groups in total. The van der Waals surface area contributed by atoms with Crippen LogP contribution in [0.1, 0.15) is 5.56 Å². The Labute approximate surface area is 157 Å². The lowest BCUT2D eigenvalue weighted by Gasteiger charge is -2.23.